The molecule has 0 aromatic carbocycles. The Morgan fingerprint density at radius 3 is 1.94 bits per heavy atom. The maximum absolute atomic E-state index is 12.3. The second-order valence-electron chi connectivity index (χ2n) is 6.42. The standard InChI is InChI=1S/C15H30N2O/c1-13(2)10-16(11-14(3)4)12-15(18)17-8-6-5-7-9-17/h13-14H,5-12H2,1-4H3. The lowest BCUT2D eigenvalue weighted by molar-refractivity contribution is -0.133. The van der Waals surface area contributed by atoms with Crippen molar-refractivity contribution in [3.63, 3.8) is 0 Å². The van der Waals surface area contributed by atoms with Gasteiger partial charge in [0, 0.05) is 26.2 Å². The van der Waals surface area contributed by atoms with Crippen LogP contribution in [0.2, 0.25) is 0 Å². The second-order valence-corrected chi connectivity index (χ2v) is 6.42. The Kier molecular flexibility index (Phi) is 6.69. The van der Waals surface area contributed by atoms with E-state index in [9.17, 15) is 4.79 Å². The van der Waals surface area contributed by atoms with Crippen LogP contribution in [0.5, 0.6) is 0 Å². The SMILES string of the molecule is CC(C)CN(CC(=O)N1CCCCC1)CC(C)C. The molecule has 1 fully saturated rings. The Balaban J connectivity index is 2.44. The molecule has 0 saturated carbocycles. The van der Waals surface area contributed by atoms with E-state index in [4.69, 9.17) is 0 Å². The summed E-state index contributed by atoms with van der Waals surface area (Å²) in [5.74, 6) is 1.58. The van der Waals surface area contributed by atoms with E-state index in [1.54, 1.807) is 0 Å². The fourth-order valence-corrected chi connectivity index (χ4v) is 2.67. The van der Waals surface area contributed by atoms with E-state index >= 15 is 0 Å². The van der Waals surface area contributed by atoms with E-state index in [-0.39, 0.29) is 0 Å². The molecule has 0 aromatic rings. The maximum atomic E-state index is 12.3. The van der Waals surface area contributed by atoms with E-state index in [0.717, 1.165) is 26.2 Å². The molecule has 0 unspecified atom stereocenters. The largest absolute Gasteiger partial charge is 0.342 e. The molecule has 0 spiro atoms. The third-order valence-corrected chi connectivity index (χ3v) is 3.31. The molecule has 1 aliphatic heterocycles. The van der Waals surface area contributed by atoms with Gasteiger partial charge in [0.15, 0.2) is 0 Å². The zero-order chi connectivity index (χ0) is 13.5. The summed E-state index contributed by atoms with van der Waals surface area (Å²) in [6.07, 6.45) is 3.64. The fraction of sp³-hybridized carbons (Fsp3) is 0.933. The number of hydrogen-bond acceptors (Lipinski definition) is 2. The fourth-order valence-electron chi connectivity index (χ4n) is 2.67. The molecular weight excluding hydrogens is 224 g/mol. The minimum absolute atomic E-state index is 0.330. The summed E-state index contributed by atoms with van der Waals surface area (Å²) in [4.78, 5) is 16.6. The average Bonchev–Trinajstić information content (AvgIpc) is 2.28. The lowest BCUT2D eigenvalue weighted by atomic mass is 10.1. The zero-order valence-electron chi connectivity index (χ0n) is 12.6. The predicted molar refractivity (Wildman–Crippen MR) is 76.5 cm³/mol. The van der Waals surface area contributed by atoms with E-state index in [1.165, 1.54) is 19.3 Å². The summed E-state index contributed by atoms with van der Waals surface area (Å²) in [6, 6.07) is 0. The van der Waals surface area contributed by atoms with Crippen LogP contribution in [0.3, 0.4) is 0 Å². The number of rotatable bonds is 6. The Hall–Kier alpha value is -0.570. The molecule has 0 N–H and O–H groups in total. The summed E-state index contributed by atoms with van der Waals surface area (Å²) in [6.45, 7) is 13.5. The third-order valence-electron chi connectivity index (χ3n) is 3.31. The van der Waals surface area contributed by atoms with Gasteiger partial charge in [0.2, 0.25) is 5.91 Å². The number of amides is 1. The first-order chi connectivity index (χ1) is 8.49. The topological polar surface area (TPSA) is 23.6 Å². The molecule has 0 bridgehead atoms. The zero-order valence-corrected chi connectivity index (χ0v) is 12.6. The number of hydrogen-bond donors (Lipinski definition) is 0. The van der Waals surface area contributed by atoms with E-state index < -0.39 is 0 Å². The van der Waals surface area contributed by atoms with Crippen LogP contribution in [0.25, 0.3) is 0 Å². The van der Waals surface area contributed by atoms with Crippen molar-refractivity contribution < 1.29 is 4.79 Å². The molecule has 3 nitrogen and oxygen atoms in total. The van der Waals surface area contributed by atoms with Crippen LogP contribution in [-0.2, 0) is 4.79 Å². The van der Waals surface area contributed by atoms with Gasteiger partial charge in [-0.1, -0.05) is 27.7 Å². The Labute approximate surface area is 113 Å². The van der Waals surface area contributed by atoms with E-state index in [2.05, 4.69) is 37.5 Å². The molecule has 18 heavy (non-hydrogen) atoms. The minimum Gasteiger partial charge on any atom is -0.342 e. The molecule has 0 atom stereocenters. The van der Waals surface area contributed by atoms with Crippen molar-refractivity contribution in [1.29, 1.82) is 0 Å². The summed E-state index contributed by atoms with van der Waals surface area (Å²) < 4.78 is 0. The van der Waals surface area contributed by atoms with Crippen LogP contribution in [-0.4, -0.2) is 48.4 Å². The quantitative estimate of drug-likeness (QED) is 0.727. The van der Waals surface area contributed by atoms with Crippen LogP contribution in [0.15, 0.2) is 0 Å². The van der Waals surface area contributed by atoms with Gasteiger partial charge in [0.1, 0.15) is 0 Å². The molecular formula is C15H30N2O. The summed E-state index contributed by atoms with van der Waals surface area (Å²) in [5.41, 5.74) is 0. The lowest BCUT2D eigenvalue weighted by Crippen LogP contribution is -2.44. The van der Waals surface area contributed by atoms with Crippen LogP contribution in [0.4, 0.5) is 0 Å². The first kappa shape index (κ1) is 15.5. The highest BCUT2D eigenvalue weighted by atomic mass is 16.2. The second kappa shape index (κ2) is 7.78. The van der Waals surface area contributed by atoms with Crippen molar-refractivity contribution in [2.45, 2.75) is 47.0 Å². The predicted octanol–water partition coefficient (Wildman–Crippen LogP) is 2.61. The van der Waals surface area contributed by atoms with Gasteiger partial charge in [-0.3, -0.25) is 9.69 Å². The maximum Gasteiger partial charge on any atom is 0.236 e. The van der Waals surface area contributed by atoms with E-state index in [1.807, 2.05) is 0 Å². The van der Waals surface area contributed by atoms with Crippen LogP contribution in [0, 0.1) is 11.8 Å². The highest BCUT2D eigenvalue weighted by molar-refractivity contribution is 5.78. The van der Waals surface area contributed by atoms with Crippen molar-refractivity contribution in [3.8, 4) is 0 Å². The van der Waals surface area contributed by atoms with Gasteiger partial charge in [-0.15, -0.1) is 0 Å². The molecule has 0 aliphatic carbocycles. The minimum atomic E-state index is 0.330. The monoisotopic (exact) mass is 254 g/mol. The summed E-state index contributed by atoms with van der Waals surface area (Å²) in [7, 11) is 0. The molecule has 1 aliphatic rings. The highest BCUT2D eigenvalue weighted by Crippen LogP contribution is 2.10. The van der Waals surface area contributed by atoms with Crippen molar-refractivity contribution in [3.05, 3.63) is 0 Å². The van der Waals surface area contributed by atoms with Crippen molar-refractivity contribution in [1.82, 2.24) is 9.80 Å². The van der Waals surface area contributed by atoms with Crippen LogP contribution < -0.4 is 0 Å². The van der Waals surface area contributed by atoms with Crippen molar-refractivity contribution >= 4 is 5.91 Å². The number of likely N-dealkylation sites (tertiary alicyclic amines) is 1. The number of carbonyl (C=O) groups excluding carboxylic acids is 1. The number of piperidine rings is 1. The van der Waals surface area contributed by atoms with Gasteiger partial charge in [-0.05, 0) is 31.1 Å². The molecule has 1 saturated heterocycles. The third kappa shape index (κ3) is 5.85. The van der Waals surface area contributed by atoms with Crippen LogP contribution in [0.1, 0.15) is 47.0 Å². The van der Waals surface area contributed by atoms with Gasteiger partial charge >= 0.3 is 0 Å². The Morgan fingerprint density at radius 1 is 1.00 bits per heavy atom. The molecule has 0 aromatic heterocycles. The molecule has 1 amide bonds. The molecule has 3 heteroatoms. The van der Waals surface area contributed by atoms with Gasteiger partial charge in [-0.25, -0.2) is 0 Å². The van der Waals surface area contributed by atoms with E-state index in [0.29, 0.717) is 24.3 Å². The Morgan fingerprint density at radius 2 is 1.50 bits per heavy atom. The molecule has 1 rings (SSSR count). The first-order valence-electron chi connectivity index (χ1n) is 7.49. The van der Waals surface area contributed by atoms with Gasteiger partial charge in [-0.2, -0.15) is 0 Å². The first-order valence-corrected chi connectivity index (χ1v) is 7.49. The lowest BCUT2D eigenvalue weighted by Gasteiger charge is -2.31. The van der Waals surface area contributed by atoms with Crippen LogP contribution >= 0.6 is 0 Å². The van der Waals surface area contributed by atoms with Gasteiger partial charge in [0.05, 0.1) is 6.54 Å². The highest BCUT2D eigenvalue weighted by Gasteiger charge is 2.20. The molecule has 0 radical (unpaired) electrons. The smallest absolute Gasteiger partial charge is 0.236 e. The van der Waals surface area contributed by atoms with Crippen molar-refractivity contribution in [2.75, 3.05) is 32.7 Å². The van der Waals surface area contributed by atoms with Gasteiger partial charge in [0.25, 0.3) is 0 Å². The Bertz CT molecular complexity index is 235. The summed E-state index contributed by atoms with van der Waals surface area (Å²) in [5, 5.41) is 0. The molecule has 106 valence electrons. The average molecular weight is 254 g/mol. The molecule has 1 heterocycles. The van der Waals surface area contributed by atoms with Gasteiger partial charge < -0.3 is 4.90 Å². The number of nitrogens with zero attached hydrogens (tertiary/aromatic N) is 2. The summed E-state index contributed by atoms with van der Waals surface area (Å²) >= 11 is 0. The normalized spacial score (nSPS) is 16.9. The van der Waals surface area contributed by atoms with Crippen molar-refractivity contribution in [2.24, 2.45) is 11.8 Å². The number of carbonyl (C=O) groups is 1.